The second-order valence-corrected chi connectivity index (χ2v) is 5.52. The Labute approximate surface area is 110 Å². The number of anilines is 1. The van der Waals surface area contributed by atoms with E-state index in [1.54, 1.807) is 12.3 Å². The van der Waals surface area contributed by atoms with E-state index in [9.17, 15) is 0 Å². The predicted octanol–water partition coefficient (Wildman–Crippen LogP) is 3.97. The predicted molar refractivity (Wildman–Crippen MR) is 75.4 cm³/mol. The van der Waals surface area contributed by atoms with Crippen molar-refractivity contribution in [3.05, 3.63) is 24.0 Å². The van der Waals surface area contributed by atoms with Gasteiger partial charge in [0, 0.05) is 18.4 Å². The van der Waals surface area contributed by atoms with Crippen molar-refractivity contribution in [1.82, 2.24) is 4.98 Å². The molecule has 3 nitrogen and oxygen atoms in total. The molecule has 0 spiro atoms. The maximum Gasteiger partial charge on any atom is 0.142 e. The summed E-state index contributed by atoms with van der Waals surface area (Å²) in [6.45, 7) is 7.71. The van der Waals surface area contributed by atoms with E-state index in [-0.39, 0.29) is 5.41 Å². The van der Waals surface area contributed by atoms with Crippen molar-refractivity contribution in [2.45, 2.75) is 46.5 Å². The molecule has 0 unspecified atom stereocenters. The van der Waals surface area contributed by atoms with Crippen LogP contribution in [0.2, 0.25) is 0 Å². The van der Waals surface area contributed by atoms with Gasteiger partial charge in [-0.1, -0.05) is 40.0 Å². The maximum atomic E-state index is 8.79. The van der Waals surface area contributed by atoms with Crippen LogP contribution in [-0.2, 0) is 0 Å². The molecule has 1 rings (SSSR count). The Morgan fingerprint density at radius 1 is 1.39 bits per heavy atom. The van der Waals surface area contributed by atoms with Gasteiger partial charge in [-0.2, -0.15) is 5.26 Å². The zero-order valence-electron chi connectivity index (χ0n) is 11.7. The highest BCUT2D eigenvalue weighted by atomic mass is 14.9. The molecule has 0 aliphatic heterocycles. The van der Waals surface area contributed by atoms with Crippen LogP contribution in [0.5, 0.6) is 0 Å². The quantitative estimate of drug-likeness (QED) is 0.739. The second-order valence-electron chi connectivity index (χ2n) is 5.52. The first-order chi connectivity index (χ1) is 8.57. The van der Waals surface area contributed by atoms with Gasteiger partial charge in [-0.3, -0.25) is 0 Å². The lowest BCUT2D eigenvalue weighted by molar-refractivity contribution is 0.342. The molecule has 3 heteroatoms. The van der Waals surface area contributed by atoms with Gasteiger partial charge in [0.2, 0.25) is 0 Å². The van der Waals surface area contributed by atoms with Crippen LogP contribution in [0.1, 0.15) is 52.1 Å². The van der Waals surface area contributed by atoms with E-state index < -0.39 is 0 Å². The first-order valence-corrected chi connectivity index (χ1v) is 6.67. The van der Waals surface area contributed by atoms with Gasteiger partial charge in [0.15, 0.2) is 0 Å². The van der Waals surface area contributed by atoms with E-state index in [1.165, 1.54) is 25.7 Å². The molecule has 0 amide bonds. The first-order valence-electron chi connectivity index (χ1n) is 6.67. The lowest BCUT2D eigenvalue weighted by Crippen LogP contribution is -2.23. The molecule has 1 aromatic heterocycles. The summed E-state index contributed by atoms with van der Waals surface area (Å²) in [6, 6.07) is 5.75. The average Bonchev–Trinajstić information content (AvgIpc) is 2.37. The van der Waals surface area contributed by atoms with Crippen molar-refractivity contribution in [3.8, 4) is 6.07 Å². The summed E-state index contributed by atoms with van der Waals surface area (Å²) in [5.41, 5.74) is 1.72. The minimum Gasteiger partial charge on any atom is -0.384 e. The molecule has 0 radical (unpaired) electrons. The standard InChI is InChI=1S/C15H23N3/c1-4-5-6-8-15(2,3)12-18-13-7-9-17-14(10-13)11-16/h7,9-10H,4-6,8,12H2,1-3H3,(H,17,18). The summed E-state index contributed by atoms with van der Waals surface area (Å²) >= 11 is 0. The highest BCUT2D eigenvalue weighted by Crippen LogP contribution is 2.24. The van der Waals surface area contributed by atoms with Crippen LogP contribution in [0.15, 0.2) is 18.3 Å². The van der Waals surface area contributed by atoms with Gasteiger partial charge in [0.25, 0.3) is 0 Å². The fourth-order valence-electron chi connectivity index (χ4n) is 1.88. The summed E-state index contributed by atoms with van der Waals surface area (Å²) in [5.74, 6) is 0. The maximum absolute atomic E-state index is 8.79. The molecule has 1 aromatic rings. The van der Waals surface area contributed by atoms with Crippen molar-refractivity contribution < 1.29 is 0 Å². The van der Waals surface area contributed by atoms with Crippen LogP contribution in [0.3, 0.4) is 0 Å². The fraction of sp³-hybridized carbons (Fsp3) is 0.600. The van der Waals surface area contributed by atoms with E-state index >= 15 is 0 Å². The number of nitrogens with one attached hydrogen (secondary N) is 1. The number of unbranched alkanes of at least 4 members (excludes halogenated alkanes) is 2. The molecule has 0 saturated carbocycles. The minimum atomic E-state index is 0.283. The fourth-order valence-corrected chi connectivity index (χ4v) is 1.88. The number of pyridine rings is 1. The van der Waals surface area contributed by atoms with Crippen LogP contribution in [0, 0.1) is 16.7 Å². The largest absolute Gasteiger partial charge is 0.384 e. The van der Waals surface area contributed by atoms with Gasteiger partial charge < -0.3 is 5.32 Å². The van der Waals surface area contributed by atoms with E-state index in [4.69, 9.17) is 5.26 Å². The Kier molecular flexibility index (Phi) is 5.64. The van der Waals surface area contributed by atoms with Crippen LogP contribution in [0.25, 0.3) is 0 Å². The Balaban J connectivity index is 2.45. The monoisotopic (exact) mass is 245 g/mol. The molecule has 0 aromatic carbocycles. The van der Waals surface area contributed by atoms with E-state index in [1.807, 2.05) is 6.07 Å². The summed E-state index contributed by atoms with van der Waals surface area (Å²) in [4.78, 5) is 3.96. The Morgan fingerprint density at radius 2 is 2.17 bits per heavy atom. The van der Waals surface area contributed by atoms with Gasteiger partial charge in [-0.05, 0) is 24.0 Å². The van der Waals surface area contributed by atoms with Gasteiger partial charge in [0.05, 0.1) is 0 Å². The molecule has 1 heterocycles. The van der Waals surface area contributed by atoms with Crippen molar-refractivity contribution in [2.24, 2.45) is 5.41 Å². The topological polar surface area (TPSA) is 48.7 Å². The van der Waals surface area contributed by atoms with Crippen LogP contribution in [-0.4, -0.2) is 11.5 Å². The van der Waals surface area contributed by atoms with Crippen LogP contribution in [0.4, 0.5) is 5.69 Å². The molecule has 98 valence electrons. The lowest BCUT2D eigenvalue weighted by atomic mass is 9.87. The third-order valence-corrected chi connectivity index (χ3v) is 3.10. The molecule has 0 aliphatic rings. The second kappa shape index (κ2) is 7.00. The molecule has 0 atom stereocenters. The Hall–Kier alpha value is -1.56. The summed E-state index contributed by atoms with van der Waals surface area (Å²) < 4.78 is 0. The number of nitriles is 1. The first kappa shape index (κ1) is 14.5. The molecule has 1 N–H and O–H groups in total. The van der Waals surface area contributed by atoms with Gasteiger partial charge >= 0.3 is 0 Å². The highest BCUT2D eigenvalue weighted by Gasteiger charge is 2.16. The third kappa shape index (κ3) is 5.18. The summed E-state index contributed by atoms with van der Waals surface area (Å²) in [6.07, 6.45) is 6.75. The Bertz CT molecular complexity index is 404. The summed E-state index contributed by atoms with van der Waals surface area (Å²) in [7, 11) is 0. The summed E-state index contributed by atoms with van der Waals surface area (Å²) in [5, 5.41) is 12.2. The number of hydrogen-bond acceptors (Lipinski definition) is 3. The van der Waals surface area contributed by atoms with Crippen molar-refractivity contribution in [3.63, 3.8) is 0 Å². The number of nitrogens with zero attached hydrogens (tertiary/aromatic N) is 2. The molecular formula is C15H23N3. The zero-order chi connectivity index (χ0) is 13.4. The number of aromatic nitrogens is 1. The van der Waals surface area contributed by atoms with Crippen LogP contribution < -0.4 is 5.32 Å². The Morgan fingerprint density at radius 3 is 2.83 bits per heavy atom. The van der Waals surface area contributed by atoms with Gasteiger partial charge in [-0.15, -0.1) is 0 Å². The molecule has 18 heavy (non-hydrogen) atoms. The van der Waals surface area contributed by atoms with Crippen molar-refractivity contribution in [1.29, 1.82) is 5.26 Å². The van der Waals surface area contributed by atoms with Crippen molar-refractivity contribution in [2.75, 3.05) is 11.9 Å². The van der Waals surface area contributed by atoms with E-state index in [0.29, 0.717) is 5.69 Å². The van der Waals surface area contributed by atoms with Crippen molar-refractivity contribution >= 4 is 5.69 Å². The normalized spacial score (nSPS) is 11.0. The third-order valence-electron chi connectivity index (χ3n) is 3.10. The molecule has 0 saturated heterocycles. The number of hydrogen-bond donors (Lipinski definition) is 1. The SMILES string of the molecule is CCCCCC(C)(C)CNc1ccnc(C#N)c1. The minimum absolute atomic E-state index is 0.283. The smallest absolute Gasteiger partial charge is 0.142 e. The van der Waals surface area contributed by atoms with Gasteiger partial charge in [-0.25, -0.2) is 4.98 Å². The van der Waals surface area contributed by atoms with E-state index in [2.05, 4.69) is 37.1 Å². The zero-order valence-corrected chi connectivity index (χ0v) is 11.7. The van der Waals surface area contributed by atoms with Crippen LogP contribution >= 0.6 is 0 Å². The molecule has 0 fully saturated rings. The molecule has 0 aliphatic carbocycles. The molecule has 0 bridgehead atoms. The average molecular weight is 245 g/mol. The highest BCUT2D eigenvalue weighted by molar-refractivity contribution is 5.45. The lowest BCUT2D eigenvalue weighted by Gasteiger charge is -2.25. The molecular weight excluding hydrogens is 222 g/mol. The van der Waals surface area contributed by atoms with E-state index in [0.717, 1.165) is 12.2 Å². The van der Waals surface area contributed by atoms with Gasteiger partial charge in [0.1, 0.15) is 11.8 Å². The number of rotatable bonds is 7.